The first-order valence-corrected chi connectivity index (χ1v) is 6.22. The third-order valence-electron chi connectivity index (χ3n) is 3.01. The molecule has 5 heteroatoms. The molecule has 1 heterocycles. The smallest absolute Gasteiger partial charge is 0.131 e. The summed E-state index contributed by atoms with van der Waals surface area (Å²) in [6.07, 6.45) is 2.47. The molecule has 19 heavy (non-hydrogen) atoms. The van der Waals surface area contributed by atoms with Gasteiger partial charge in [-0.15, -0.1) is 0 Å². The van der Waals surface area contributed by atoms with E-state index in [1.807, 2.05) is 13.1 Å². The molecule has 0 saturated carbocycles. The summed E-state index contributed by atoms with van der Waals surface area (Å²) < 4.78 is 21.0. The Balaban J connectivity index is 1.93. The van der Waals surface area contributed by atoms with E-state index in [0.717, 1.165) is 12.1 Å². The van der Waals surface area contributed by atoms with Crippen LogP contribution < -0.4 is 10.5 Å². The van der Waals surface area contributed by atoms with Crippen LogP contribution in [0.4, 0.5) is 4.39 Å². The fourth-order valence-corrected chi connectivity index (χ4v) is 1.89. The van der Waals surface area contributed by atoms with E-state index in [0.29, 0.717) is 17.9 Å². The van der Waals surface area contributed by atoms with Crippen LogP contribution in [0.25, 0.3) is 0 Å². The lowest BCUT2D eigenvalue weighted by Crippen LogP contribution is -2.09. The average molecular weight is 263 g/mol. The second kappa shape index (κ2) is 5.84. The number of nitrogens with two attached hydrogens (primary N) is 1. The number of aryl methyl sites for hydroxylation is 1. The van der Waals surface area contributed by atoms with Crippen molar-refractivity contribution in [3.63, 3.8) is 0 Å². The van der Waals surface area contributed by atoms with Crippen LogP contribution in [0, 0.1) is 5.82 Å². The number of halogens is 1. The molecule has 2 N–H and O–H groups in total. The number of aromatic nitrogens is 2. The minimum atomic E-state index is -0.326. The summed E-state index contributed by atoms with van der Waals surface area (Å²) in [6, 6.07) is 6.40. The molecular formula is C14H18FN3O. The number of benzene rings is 1. The lowest BCUT2D eigenvalue weighted by atomic mass is 10.1. The Labute approximate surface area is 112 Å². The Bertz CT molecular complexity index is 551. The Morgan fingerprint density at radius 3 is 2.79 bits per heavy atom. The van der Waals surface area contributed by atoms with Gasteiger partial charge in [-0.2, -0.15) is 5.10 Å². The van der Waals surface area contributed by atoms with Gasteiger partial charge in [0, 0.05) is 43.0 Å². The van der Waals surface area contributed by atoms with E-state index in [1.165, 1.54) is 6.07 Å². The second-order valence-corrected chi connectivity index (χ2v) is 4.52. The number of rotatable bonds is 5. The molecule has 4 nitrogen and oxygen atoms in total. The predicted molar refractivity (Wildman–Crippen MR) is 71.4 cm³/mol. The third-order valence-corrected chi connectivity index (χ3v) is 3.01. The number of nitrogens with zero attached hydrogens (tertiary/aromatic N) is 2. The van der Waals surface area contributed by atoms with Crippen LogP contribution in [0.3, 0.4) is 0 Å². The molecule has 2 aromatic rings. The summed E-state index contributed by atoms with van der Waals surface area (Å²) in [5.74, 6) is 0.192. The van der Waals surface area contributed by atoms with Crippen molar-refractivity contribution in [3.05, 3.63) is 47.5 Å². The zero-order valence-electron chi connectivity index (χ0n) is 11.1. The largest absolute Gasteiger partial charge is 0.493 e. The first-order valence-electron chi connectivity index (χ1n) is 6.22. The predicted octanol–water partition coefficient (Wildman–Crippen LogP) is 2.20. The first kappa shape index (κ1) is 13.5. The van der Waals surface area contributed by atoms with Gasteiger partial charge in [0.1, 0.15) is 11.6 Å². The van der Waals surface area contributed by atoms with Gasteiger partial charge in [-0.1, -0.05) is 6.07 Å². The average Bonchev–Trinajstić information content (AvgIpc) is 2.75. The zero-order chi connectivity index (χ0) is 13.8. The van der Waals surface area contributed by atoms with Crippen molar-refractivity contribution in [1.82, 2.24) is 9.78 Å². The molecule has 0 aliphatic rings. The molecule has 2 rings (SSSR count). The lowest BCUT2D eigenvalue weighted by Gasteiger charge is -2.10. The van der Waals surface area contributed by atoms with Gasteiger partial charge in [0.25, 0.3) is 0 Å². The van der Waals surface area contributed by atoms with Gasteiger partial charge in [-0.25, -0.2) is 4.39 Å². The Morgan fingerprint density at radius 2 is 2.21 bits per heavy atom. The number of hydrogen-bond donors (Lipinski definition) is 1. The lowest BCUT2D eigenvalue weighted by molar-refractivity contribution is 0.316. The molecule has 102 valence electrons. The van der Waals surface area contributed by atoms with Crippen LogP contribution in [-0.4, -0.2) is 16.4 Å². The minimum absolute atomic E-state index is 0.316. The van der Waals surface area contributed by atoms with Crippen molar-refractivity contribution in [2.24, 2.45) is 12.8 Å². The molecule has 0 aliphatic carbocycles. The summed E-state index contributed by atoms with van der Waals surface area (Å²) in [5.41, 5.74) is 7.23. The summed E-state index contributed by atoms with van der Waals surface area (Å²) in [4.78, 5) is 0. The van der Waals surface area contributed by atoms with Crippen LogP contribution in [0.5, 0.6) is 5.75 Å². The Kier molecular flexibility index (Phi) is 4.16. The summed E-state index contributed by atoms with van der Waals surface area (Å²) in [5, 5.41) is 4.07. The zero-order valence-corrected chi connectivity index (χ0v) is 11.1. The molecule has 0 spiro atoms. The van der Waals surface area contributed by atoms with Crippen LogP contribution in [0.2, 0.25) is 0 Å². The Hall–Kier alpha value is -1.88. The summed E-state index contributed by atoms with van der Waals surface area (Å²) in [7, 11) is 1.88. The van der Waals surface area contributed by atoms with Gasteiger partial charge in [0.15, 0.2) is 0 Å². The highest BCUT2D eigenvalue weighted by atomic mass is 19.1. The molecule has 0 amide bonds. The summed E-state index contributed by atoms with van der Waals surface area (Å²) in [6.45, 7) is 2.23. The van der Waals surface area contributed by atoms with Crippen LogP contribution in [0.1, 0.15) is 24.2 Å². The van der Waals surface area contributed by atoms with Gasteiger partial charge in [0.2, 0.25) is 0 Å². The molecule has 0 bridgehead atoms. The first-order chi connectivity index (χ1) is 9.08. The van der Waals surface area contributed by atoms with E-state index in [2.05, 4.69) is 5.10 Å². The van der Waals surface area contributed by atoms with Crippen molar-refractivity contribution in [2.45, 2.75) is 19.4 Å². The summed E-state index contributed by atoms with van der Waals surface area (Å²) >= 11 is 0. The topological polar surface area (TPSA) is 53.1 Å². The standard InChI is InChI=1S/C14H18FN3O/c1-10(16)13-4-3-12(9-14(13)15)19-8-6-11-5-7-17-18(11)2/h3-5,7,9-10H,6,8,16H2,1-2H3/t10-/m0/s1. The van der Waals surface area contributed by atoms with E-state index in [-0.39, 0.29) is 11.9 Å². The molecule has 0 saturated heterocycles. The molecule has 1 aromatic carbocycles. The maximum absolute atomic E-state index is 13.7. The molecule has 1 aromatic heterocycles. The maximum atomic E-state index is 13.7. The van der Waals surface area contributed by atoms with E-state index in [4.69, 9.17) is 10.5 Å². The van der Waals surface area contributed by atoms with Gasteiger partial charge in [-0.05, 0) is 19.1 Å². The van der Waals surface area contributed by atoms with Crippen LogP contribution in [-0.2, 0) is 13.5 Å². The minimum Gasteiger partial charge on any atom is -0.493 e. The van der Waals surface area contributed by atoms with Crippen LogP contribution >= 0.6 is 0 Å². The van der Waals surface area contributed by atoms with Gasteiger partial charge in [-0.3, -0.25) is 4.68 Å². The monoisotopic (exact) mass is 263 g/mol. The van der Waals surface area contributed by atoms with Crippen molar-refractivity contribution < 1.29 is 9.13 Å². The van der Waals surface area contributed by atoms with Crippen LogP contribution in [0.15, 0.2) is 30.5 Å². The molecule has 0 unspecified atom stereocenters. The van der Waals surface area contributed by atoms with Gasteiger partial charge >= 0.3 is 0 Å². The SMILES string of the molecule is C[C@H](N)c1ccc(OCCc2ccnn2C)cc1F. The highest BCUT2D eigenvalue weighted by molar-refractivity contribution is 5.30. The normalized spacial score (nSPS) is 12.4. The quantitative estimate of drug-likeness (QED) is 0.899. The van der Waals surface area contributed by atoms with Crippen molar-refractivity contribution in [2.75, 3.05) is 6.61 Å². The van der Waals surface area contributed by atoms with E-state index in [1.54, 1.807) is 29.9 Å². The van der Waals surface area contributed by atoms with Crippen molar-refractivity contribution >= 4 is 0 Å². The van der Waals surface area contributed by atoms with Gasteiger partial charge in [0.05, 0.1) is 6.61 Å². The molecule has 0 radical (unpaired) electrons. The molecule has 0 aliphatic heterocycles. The molecular weight excluding hydrogens is 245 g/mol. The van der Waals surface area contributed by atoms with E-state index < -0.39 is 0 Å². The maximum Gasteiger partial charge on any atom is 0.131 e. The third kappa shape index (κ3) is 3.32. The van der Waals surface area contributed by atoms with E-state index >= 15 is 0 Å². The fraction of sp³-hybridized carbons (Fsp3) is 0.357. The van der Waals surface area contributed by atoms with Crippen molar-refractivity contribution in [1.29, 1.82) is 0 Å². The fourth-order valence-electron chi connectivity index (χ4n) is 1.89. The molecule has 0 fully saturated rings. The highest BCUT2D eigenvalue weighted by Crippen LogP contribution is 2.20. The Morgan fingerprint density at radius 1 is 1.42 bits per heavy atom. The second-order valence-electron chi connectivity index (χ2n) is 4.52. The van der Waals surface area contributed by atoms with Crippen molar-refractivity contribution in [3.8, 4) is 5.75 Å². The molecule has 1 atom stereocenters. The number of ether oxygens (including phenoxy) is 1. The van der Waals surface area contributed by atoms with Gasteiger partial charge < -0.3 is 10.5 Å². The highest BCUT2D eigenvalue weighted by Gasteiger charge is 2.08. The number of hydrogen-bond acceptors (Lipinski definition) is 3. The van der Waals surface area contributed by atoms with E-state index in [9.17, 15) is 4.39 Å².